The molecule has 37 valence electrons. The molecule has 0 atom stereocenters. The molecule has 0 saturated heterocycles. The van der Waals surface area contributed by atoms with Crippen LogP contribution in [-0.4, -0.2) is 69.5 Å². The van der Waals surface area contributed by atoms with E-state index in [1.165, 1.54) is 0 Å². The Morgan fingerprint density at radius 1 is 1.00 bits per heavy atom. The van der Waals surface area contributed by atoms with Crippen LogP contribution in [0.5, 0.6) is 0 Å². The van der Waals surface area contributed by atoms with E-state index in [0.717, 1.165) is 0 Å². The molecule has 3 radical (unpaired) electrons. The van der Waals surface area contributed by atoms with E-state index in [0.29, 0.717) is 0 Å². The van der Waals surface area contributed by atoms with Gasteiger partial charge in [0.2, 0.25) is 0 Å². The van der Waals surface area contributed by atoms with Gasteiger partial charge in [-0.1, -0.05) is 0 Å². The molecule has 0 aliphatic heterocycles. The van der Waals surface area contributed by atoms with Crippen molar-refractivity contribution in [3.8, 4) is 0 Å². The van der Waals surface area contributed by atoms with Crippen molar-refractivity contribution in [2.24, 2.45) is 0 Å². The van der Waals surface area contributed by atoms with Crippen molar-refractivity contribution >= 4 is 83.0 Å². The van der Waals surface area contributed by atoms with Gasteiger partial charge < -0.3 is 0 Å². The minimum absolute atomic E-state index is 0. The first kappa shape index (κ1) is 41.8. The molecule has 0 aromatic carbocycles. The van der Waals surface area contributed by atoms with Crippen LogP contribution in [0.1, 0.15) is 0 Å². The fraction of sp³-hybridized carbons (Fsp3) is 0. The average molecular weight is 409 g/mol. The van der Waals surface area contributed by atoms with Crippen LogP contribution in [0.15, 0.2) is 0 Å². The quantitative estimate of drug-likeness (QED) is 0.371. The summed E-state index contributed by atoms with van der Waals surface area (Å²) >= 11 is 0. The molecule has 0 saturated carbocycles. The Kier molecular flexibility index (Phi) is 227. The van der Waals surface area contributed by atoms with Crippen LogP contribution < -0.4 is 0 Å². The Morgan fingerprint density at radius 2 is 1.00 bits per heavy atom. The van der Waals surface area contributed by atoms with Crippen molar-refractivity contribution in [1.29, 1.82) is 0 Å². The second-order valence-electron chi connectivity index (χ2n) is 0. The van der Waals surface area contributed by atoms with Crippen molar-refractivity contribution in [1.82, 2.24) is 0 Å². The Labute approximate surface area is 98.3 Å². The Morgan fingerprint density at radius 3 is 1.00 bits per heavy atom. The Bertz CT molecular complexity index is 11.6. The van der Waals surface area contributed by atoms with Gasteiger partial charge in [0.25, 0.3) is 0 Å². The molecule has 0 bridgehead atoms. The molecule has 0 heterocycles. The first-order valence-corrected chi connectivity index (χ1v) is 0. The summed E-state index contributed by atoms with van der Waals surface area (Å²) in [6, 6.07) is 0. The summed E-state index contributed by atoms with van der Waals surface area (Å²) < 4.78 is 0. The standard InChI is InChI=1S/Cu.Ga.In.H2S.Sn.8H/h;;;1H2;;;;;;;;;. The molecule has 0 rings (SSSR count). The molecule has 0 nitrogen and oxygen atoms in total. The SMILES string of the molecule is S.[Cu].[GaH3].[InH3].[SnH2]. The second kappa shape index (κ2) is 27.1. The third kappa shape index (κ3) is 19.1. The summed E-state index contributed by atoms with van der Waals surface area (Å²) in [5.41, 5.74) is 0. The van der Waals surface area contributed by atoms with Gasteiger partial charge in [-0.2, -0.15) is 13.5 Å². The van der Waals surface area contributed by atoms with Crippen LogP contribution in [0.4, 0.5) is 0 Å². The maximum atomic E-state index is 0. The predicted octanol–water partition coefficient (Wildman–Crippen LogP) is -3.17. The zero-order valence-electron chi connectivity index (χ0n) is 1.51. The van der Waals surface area contributed by atoms with Gasteiger partial charge >= 0.3 is 69.5 Å². The number of hydrogen-bond acceptors (Lipinski definition) is 0. The van der Waals surface area contributed by atoms with E-state index in [4.69, 9.17) is 0 Å². The van der Waals surface area contributed by atoms with Crippen LogP contribution >= 0.6 is 13.5 Å². The van der Waals surface area contributed by atoms with E-state index in [1.54, 1.807) is 0 Å². The molecular weight excluding hydrogens is 399 g/mol. The third-order valence-electron chi connectivity index (χ3n) is 0. The van der Waals surface area contributed by atoms with E-state index in [-0.39, 0.29) is 100 Å². The fourth-order valence-corrected chi connectivity index (χ4v) is 0. The zero-order valence-corrected chi connectivity index (χ0v) is 7.49. The van der Waals surface area contributed by atoms with Gasteiger partial charge in [0.1, 0.15) is 0 Å². The van der Waals surface area contributed by atoms with Crippen LogP contribution in [0, 0.1) is 0 Å². The van der Waals surface area contributed by atoms with Crippen molar-refractivity contribution in [2.75, 3.05) is 0 Å². The minimum atomic E-state index is 0. The summed E-state index contributed by atoms with van der Waals surface area (Å²) in [5.74, 6) is 0. The van der Waals surface area contributed by atoms with Crippen molar-refractivity contribution in [3.05, 3.63) is 0 Å². The first-order valence-electron chi connectivity index (χ1n) is 0. The predicted molar refractivity (Wildman–Crippen MR) is 38.8 cm³/mol. The molecule has 0 aromatic heterocycles. The Hall–Kier alpha value is 3.17. The summed E-state index contributed by atoms with van der Waals surface area (Å²) in [7, 11) is 0. The fourth-order valence-electron chi connectivity index (χ4n) is 0. The summed E-state index contributed by atoms with van der Waals surface area (Å²) in [4.78, 5) is 0. The molecule has 0 N–H and O–H groups in total. The summed E-state index contributed by atoms with van der Waals surface area (Å²) in [6.07, 6.45) is 0. The van der Waals surface area contributed by atoms with Gasteiger partial charge in [0.05, 0.1) is 0 Å². The van der Waals surface area contributed by atoms with Gasteiger partial charge in [-0.3, -0.25) is 0 Å². The molecule has 0 unspecified atom stereocenters. The van der Waals surface area contributed by atoms with Crippen LogP contribution in [-0.2, 0) is 17.1 Å². The van der Waals surface area contributed by atoms with Crippen LogP contribution in [0.2, 0.25) is 0 Å². The normalized spacial score (nSPS) is 0. The van der Waals surface area contributed by atoms with Crippen molar-refractivity contribution < 1.29 is 17.1 Å². The van der Waals surface area contributed by atoms with E-state index in [1.807, 2.05) is 0 Å². The molecule has 5 heteroatoms. The van der Waals surface area contributed by atoms with Gasteiger partial charge in [-0.05, 0) is 0 Å². The molecule has 0 spiro atoms. The monoisotopic (exact) mass is 409 g/mol. The second-order valence-corrected chi connectivity index (χ2v) is 0. The number of rotatable bonds is 0. The summed E-state index contributed by atoms with van der Waals surface area (Å²) in [5, 5.41) is 0. The Balaban J connectivity index is 0. The molecule has 5 heavy (non-hydrogen) atoms. The number of hydrogen-bond donors (Lipinski definition) is 0. The van der Waals surface area contributed by atoms with Gasteiger partial charge in [-0.25, -0.2) is 0 Å². The topological polar surface area (TPSA) is 0 Å². The van der Waals surface area contributed by atoms with Gasteiger partial charge in [0.15, 0.2) is 0 Å². The zero-order chi connectivity index (χ0) is 0. The van der Waals surface area contributed by atoms with Gasteiger partial charge in [0, 0.05) is 17.1 Å². The molecule has 0 aliphatic rings. The van der Waals surface area contributed by atoms with E-state index >= 15 is 0 Å². The summed E-state index contributed by atoms with van der Waals surface area (Å²) in [6.45, 7) is 0. The third-order valence-corrected chi connectivity index (χ3v) is 0. The first-order chi connectivity index (χ1) is 0. The average Bonchev–Trinajstić information content (AvgIpc) is 0. The van der Waals surface area contributed by atoms with E-state index in [2.05, 4.69) is 0 Å². The maximum absolute atomic E-state index is 0. The van der Waals surface area contributed by atoms with Crippen molar-refractivity contribution in [3.63, 3.8) is 0 Å². The molecule has 0 fully saturated rings. The molecule has 0 aliphatic carbocycles. The molecule has 0 amide bonds. The van der Waals surface area contributed by atoms with Crippen LogP contribution in [0.25, 0.3) is 0 Å². The molecular formula is H10CuGaInSSn. The van der Waals surface area contributed by atoms with E-state index in [9.17, 15) is 0 Å². The van der Waals surface area contributed by atoms with Crippen LogP contribution in [0.3, 0.4) is 0 Å². The molecule has 0 aromatic rings. The van der Waals surface area contributed by atoms with E-state index < -0.39 is 0 Å². The van der Waals surface area contributed by atoms with Crippen molar-refractivity contribution in [2.45, 2.75) is 0 Å². The van der Waals surface area contributed by atoms with Gasteiger partial charge in [-0.15, -0.1) is 0 Å².